The van der Waals surface area contributed by atoms with E-state index in [0.29, 0.717) is 6.61 Å². The van der Waals surface area contributed by atoms with E-state index in [2.05, 4.69) is 56.0 Å². The number of rotatable bonds is 10. The summed E-state index contributed by atoms with van der Waals surface area (Å²) in [6, 6.07) is 14.9. The van der Waals surface area contributed by atoms with Gasteiger partial charge in [-0.2, -0.15) is 0 Å². The van der Waals surface area contributed by atoms with Gasteiger partial charge in [-0.25, -0.2) is 0 Å². The molecule has 0 atom stereocenters. The van der Waals surface area contributed by atoms with Crippen LogP contribution in [-0.4, -0.2) is 13.2 Å². The van der Waals surface area contributed by atoms with Crippen LogP contribution in [0.2, 0.25) is 0 Å². The molecule has 0 saturated carbocycles. The number of unbranched alkanes of at least 4 members (excludes halogenated alkanes) is 5. The Balaban J connectivity index is 1.70. The van der Waals surface area contributed by atoms with Crippen LogP contribution in [-0.2, 0) is 4.74 Å². The predicted molar refractivity (Wildman–Crippen MR) is 97.2 cm³/mol. The van der Waals surface area contributed by atoms with E-state index >= 15 is 0 Å². The summed E-state index contributed by atoms with van der Waals surface area (Å²) >= 11 is 0. The largest absolute Gasteiger partial charge is 0.377 e. The average Bonchev–Trinajstić information content (AvgIpc) is 2.56. The molecule has 0 heterocycles. The first-order valence-electron chi connectivity index (χ1n) is 8.56. The van der Waals surface area contributed by atoms with E-state index in [-0.39, 0.29) is 0 Å². The minimum atomic E-state index is 0.632. The molecular formula is C21H28O. The molecule has 0 radical (unpaired) electrons. The number of hydrogen-bond donors (Lipinski definition) is 0. The molecule has 0 fully saturated rings. The molecule has 0 aliphatic carbocycles. The highest BCUT2D eigenvalue weighted by molar-refractivity contribution is 5.86. The van der Waals surface area contributed by atoms with Crippen LogP contribution >= 0.6 is 0 Å². The maximum atomic E-state index is 5.77. The van der Waals surface area contributed by atoms with Crippen molar-refractivity contribution in [3.05, 3.63) is 54.6 Å². The lowest BCUT2D eigenvalue weighted by atomic mass is 10.0. The lowest BCUT2D eigenvalue weighted by molar-refractivity contribution is 0.162. The van der Waals surface area contributed by atoms with E-state index in [0.717, 1.165) is 18.6 Å². The minimum Gasteiger partial charge on any atom is -0.377 e. The molecule has 0 N–H and O–H groups in total. The van der Waals surface area contributed by atoms with Gasteiger partial charge in [-0.1, -0.05) is 82.0 Å². The second-order valence-corrected chi connectivity index (χ2v) is 5.99. The highest BCUT2D eigenvalue weighted by atomic mass is 16.5. The molecule has 0 unspecified atom stereocenters. The van der Waals surface area contributed by atoms with Crippen LogP contribution in [0.4, 0.5) is 0 Å². The summed E-state index contributed by atoms with van der Waals surface area (Å²) in [5.41, 5.74) is 2.25. The Kier molecular flexibility index (Phi) is 7.18. The van der Waals surface area contributed by atoms with Gasteiger partial charge in [0.15, 0.2) is 0 Å². The Bertz CT molecular complexity index is 585. The van der Waals surface area contributed by atoms with E-state index in [9.17, 15) is 0 Å². The van der Waals surface area contributed by atoms with Gasteiger partial charge < -0.3 is 4.74 Å². The third kappa shape index (κ3) is 5.31. The highest BCUT2D eigenvalue weighted by Crippen LogP contribution is 2.20. The molecule has 0 aliphatic rings. The predicted octanol–water partition coefficient (Wildman–Crippen LogP) is 6.23. The first-order valence-corrected chi connectivity index (χ1v) is 8.56. The number of hydrogen-bond acceptors (Lipinski definition) is 1. The Hall–Kier alpha value is -1.60. The standard InChI is InChI=1S/C21H28O/c1-3-4-5-6-7-10-15-22-17-18(2)20-14-13-19-11-8-9-12-21(19)16-20/h8-9,11-14,16H,2-7,10,15,17H2,1H3. The van der Waals surface area contributed by atoms with Crippen molar-refractivity contribution in [1.29, 1.82) is 0 Å². The van der Waals surface area contributed by atoms with Crippen LogP contribution in [0, 0.1) is 0 Å². The first kappa shape index (κ1) is 16.8. The number of fused-ring (bicyclic) bond motifs is 1. The molecule has 118 valence electrons. The molecule has 0 spiro atoms. The molecule has 2 rings (SSSR count). The van der Waals surface area contributed by atoms with E-state index in [4.69, 9.17) is 4.74 Å². The highest BCUT2D eigenvalue weighted by Gasteiger charge is 2.01. The SMILES string of the molecule is C=C(COCCCCCCCC)c1ccc2ccccc2c1. The van der Waals surface area contributed by atoms with Crippen molar-refractivity contribution in [1.82, 2.24) is 0 Å². The van der Waals surface area contributed by atoms with Gasteiger partial charge >= 0.3 is 0 Å². The Labute approximate surface area is 135 Å². The lowest BCUT2D eigenvalue weighted by Gasteiger charge is -2.09. The van der Waals surface area contributed by atoms with Crippen molar-refractivity contribution in [3.63, 3.8) is 0 Å². The van der Waals surface area contributed by atoms with Gasteiger partial charge in [0.25, 0.3) is 0 Å². The molecule has 0 aromatic heterocycles. The summed E-state index contributed by atoms with van der Waals surface area (Å²) in [5.74, 6) is 0. The number of benzene rings is 2. The van der Waals surface area contributed by atoms with Crippen molar-refractivity contribution >= 4 is 16.3 Å². The maximum absolute atomic E-state index is 5.77. The third-order valence-corrected chi connectivity index (χ3v) is 4.08. The van der Waals surface area contributed by atoms with Crippen molar-refractivity contribution < 1.29 is 4.74 Å². The van der Waals surface area contributed by atoms with Crippen LogP contribution in [0.5, 0.6) is 0 Å². The third-order valence-electron chi connectivity index (χ3n) is 4.08. The molecule has 0 aliphatic heterocycles. The zero-order valence-electron chi connectivity index (χ0n) is 13.8. The quantitative estimate of drug-likeness (QED) is 0.472. The van der Waals surface area contributed by atoms with Gasteiger partial charge in [0, 0.05) is 6.61 Å². The summed E-state index contributed by atoms with van der Waals surface area (Å²) in [4.78, 5) is 0. The Morgan fingerprint density at radius 3 is 2.45 bits per heavy atom. The summed E-state index contributed by atoms with van der Waals surface area (Å²) in [5, 5.41) is 2.53. The summed E-state index contributed by atoms with van der Waals surface area (Å²) in [6.45, 7) is 7.89. The number of ether oxygens (including phenoxy) is 1. The van der Waals surface area contributed by atoms with Crippen molar-refractivity contribution in [2.75, 3.05) is 13.2 Å². The van der Waals surface area contributed by atoms with Gasteiger partial charge in [0.05, 0.1) is 6.61 Å². The van der Waals surface area contributed by atoms with Crippen LogP contribution < -0.4 is 0 Å². The van der Waals surface area contributed by atoms with Gasteiger partial charge in [-0.15, -0.1) is 0 Å². The fourth-order valence-electron chi connectivity index (χ4n) is 2.67. The van der Waals surface area contributed by atoms with Crippen LogP contribution in [0.1, 0.15) is 51.0 Å². The molecule has 1 nitrogen and oxygen atoms in total. The van der Waals surface area contributed by atoms with Crippen LogP contribution in [0.25, 0.3) is 16.3 Å². The van der Waals surface area contributed by atoms with Crippen LogP contribution in [0.15, 0.2) is 49.0 Å². The molecule has 0 saturated heterocycles. The van der Waals surface area contributed by atoms with Crippen molar-refractivity contribution in [2.24, 2.45) is 0 Å². The molecule has 0 amide bonds. The molecule has 0 bridgehead atoms. The smallest absolute Gasteiger partial charge is 0.0716 e. The van der Waals surface area contributed by atoms with E-state index in [1.54, 1.807) is 0 Å². The lowest BCUT2D eigenvalue weighted by Crippen LogP contribution is -1.99. The van der Waals surface area contributed by atoms with E-state index < -0.39 is 0 Å². The maximum Gasteiger partial charge on any atom is 0.0716 e. The van der Waals surface area contributed by atoms with E-state index in [1.165, 1.54) is 48.4 Å². The van der Waals surface area contributed by atoms with Crippen molar-refractivity contribution in [2.45, 2.75) is 45.4 Å². The van der Waals surface area contributed by atoms with E-state index in [1.807, 2.05) is 0 Å². The van der Waals surface area contributed by atoms with Gasteiger partial charge in [-0.3, -0.25) is 0 Å². The topological polar surface area (TPSA) is 9.23 Å². The second kappa shape index (κ2) is 9.42. The van der Waals surface area contributed by atoms with Crippen molar-refractivity contribution in [3.8, 4) is 0 Å². The summed E-state index contributed by atoms with van der Waals surface area (Å²) in [6.07, 6.45) is 7.81. The minimum absolute atomic E-state index is 0.632. The molecule has 2 aromatic carbocycles. The van der Waals surface area contributed by atoms with Crippen LogP contribution in [0.3, 0.4) is 0 Å². The fourth-order valence-corrected chi connectivity index (χ4v) is 2.67. The first-order chi connectivity index (χ1) is 10.8. The second-order valence-electron chi connectivity index (χ2n) is 5.99. The molecule has 2 aromatic rings. The average molecular weight is 296 g/mol. The zero-order chi connectivity index (χ0) is 15.6. The summed E-state index contributed by atoms with van der Waals surface area (Å²) < 4.78 is 5.77. The fraction of sp³-hybridized carbons (Fsp3) is 0.429. The summed E-state index contributed by atoms with van der Waals surface area (Å²) in [7, 11) is 0. The normalized spacial score (nSPS) is 11.0. The monoisotopic (exact) mass is 296 g/mol. The Morgan fingerprint density at radius 2 is 1.64 bits per heavy atom. The van der Waals surface area contributed by atoms with Gasteiger partial charge in [0.1, 0.15) is 0 Å². The molecule has 1 heteroatoms. The van der Waals surface area contributed by atoms with Gasteiger partial charge in [0.2, 0.25) is 0 Å². The Morgan fingerprint density at radius 1 is 0.909 bits per heavy atom. The molecular weight excluding hydrogens is 268 g/mol. The zero-order valence-corrected chi connectivity index (χ0v) is 13.8. The van der Waals surface area contributed by atoms with Gasteiger partial charge in [-0.05, 0) is 34.4 Å². The molecule has 22 heavy (non-hydrogen) atoms.